The number of aryl methyl sites for hydroxylation is 1. The van der Waals surface area contributed by atoms with Crippen molar-refractivity contribution in [2.24, 2.45) is 0 Å². The van der Waals surface area contributed by atoms with E-state index in [9.17, 15) is 9.59 Å². The maximum atomic E-state index is 12.9. The maximum absolute atomic E-state index is 12.9. The van der Waals surface area contributed by atoms with Gasteiger partial charge < -0.3 is 20.0 Å². The second-order valence-electron chi connectivity index (χ2n) is 6.37. The summed E-state index contributed by atoms with van der Waals surface area (Å²) in [5, 5.41) is 5.57. The van der Waals surface area contributed by atoms with E-state index in [1.54, 1.807) is 31.5 Å². The summed E-state index contributed by atoms with van der Waals surface area (Å²) < 4.78 is 5.47. The zero-order chi connectivity index (χ0) is 18.0. The lowest BCUT2D eigenvalue weighted by molar-refractivity contribution is 0.0963. The lowest BCUT2D eigenvalue weighted by Gasteiger charge is -2.28. The van der Waals surface area contributed by atoms with Gasteiger partial charge in [0, 0.05) is 24.3 Å². The largest absolute Gasteiger partial charge is 0.467 e. The summed E-state index contributed by atoms with van der Waals surface area (Å²) in [6.07, 6.45) is 3.64. The molecule has 1 aliphatic carbocycles. The highest BCUT2D eigenvalue weighted by Crippen LogP contribution is 2.35. The second kappa shape index (κ2) is 7.01. The first-order valence-corrected chi connectivity index (χ1v) is 8.46. The molecule has 0 unspecified atom stereocenters. The molecular formula is C19H23N3O3. The number of carbonyl (C=O) groups is 2. The number of nitrogens with zero attached hydrogens (tertiary/aromatic N) is 1. The Morgan fingerprint density at radius 1 is 1.28 bits per heavy atom. The van der Waals surface area contributed by atoms with Crippen LogP contribution in [0, 0.1) is 6.92 Å². The lowest BCUT2D eigenvalue weighted by Crippen LogP contribution is -2.38. The molecule has 3 amide bonds. The molecule has 1 saturated carbocycles. The first-order chi connectivity index (χ1) is 12.0. The highest BCUT2D eigenvalue weighted by atomic mass is 16.3. The molecule has 0 radical (unpaired) electrons. The summed E-state index contributed by atoms with van der Waals surface area (Å²) in [5.74, 6) is 0.626. The van der Waals surface area contributed by atoms with E-state index < -0.39 is 0 Å². The average molecular weight is 341 g/mol. The molecule has 0 spiro atoms. The summed E-state index contributed by atoms with van der Waals surface area (Å²) in [7, 11) is 1.59. The highest BCUT2D eigenvalue weighted by molar-refractivity contribution is 5.96. The Labute approximate surface area is 147 Å². The summed E-state index contributed by atoms with van der Waals surface area (Å²) >= 11 is 0. The van der Waals surface area contributed by atoms with Crippen molar-refractivity contribution in [3.05, 3.63) is 53.5 Å². The molecule has 3 rings (SSSR count). The van der Waals surface area contributed by atoms with Gasteiger partial charge in [-0.1, -0.05) is 0 Å². The number of rotatable bonds is 5. The van der Waals surface area contributed by atoms with Crippen molar-refractivity contribution in [3.8, 4) is 0 Å². The van der Waals surface area contributed by atoms with Crippen LogP contribution in [-0.4, -0.2) is 29.9 Å². The Bertz CT molecular complexity index is 766. The van der Waals surface area contributed by atoms with Gasteiger partial charge in [0.1, 0.15) is 5.76 Å². The van der Waals surface area contributed by atoms with Crippen molar-refractivity contribution < 1.29 is 14.0 Å². The Kier molecular flexibility index (Phi) is 4.79. The number of hydrogen-bond acceptors (Lipinski definition) is 3. The molecular weight excluding hydrogens is 318 g/mol. The van der Waals surface area contributed by atoms with Crippen LogP contribution in [-0.2, 0) is 0 Å². The molecule has 2 aromatic rings. The number of benzene rings is 1. The number of carbonyl (C=O) groups excluding carboxylic acids is 2. The normalized spacial score (nSPS) is 14.7. The van der Waals surface area contributed by atoms with Gasteiger partial charge in [0.15, 0.2) is 0 Å². The molecule has 2 N–H and O–H groups in total. The van der Waals surface area contributed by atoms with E-state index in [4.69, 9.17) is 4.42 Å². The molecule has 1 aromatic carbocycles. The molecule has 1 atom stereocenters. The molecule has 132 valence electrons. The van der Waals surface area contributed by atoms with Gasteiger partial charge in [-0.25, -0.2) is 4.79 Å². The van der Waals surface area contributed by atoms with E-state index in [1.807, 2.05) is 30.9 Å². The molecule has 25 heavy (non-hydrogen) atoms. The first-order valence-electron chi connectivity index (χ1n) is 8.46. The predicted octanol–water partition coefficient (Wildman–Crippen LogP) is 3.71. The van der Waals surface area contributed by atoms with Gasteiger partial charge >= 0.3 is 6.03 Å². The average Bonchev–Trinajstić information content (AvgIpc) is 3.27. The van der Waals surface area contributed by atoms with Gasteiger partial charge in [0.25, 0.3) is 5.91 Å². The molecule has 1 aliphatic rings. The smallest absolute Gasteiger partial charge is 0.322 e. The SMILES string of the molecule is CNC(=O)c1ccc(NC(=O)N(C2CC2)[C@@H](C)c2ccco2)c(C)c1. The van der Waals surface area contributed by atoms with Crippen LogP contribution in [0.25, 0.3) is 0 Å². The van der Waals surface area contributed by atoms with Gasteiger partial charge in [-0.2, -0.15) is 0 Å². The fourth-order valence-corrected chi connectivity index (χ4v) is 2.95. The molecule has 0 aliphatic heterocycles. The van der Waals surface area contributed by atoms with Crippen LogP contribution in [0.3, 0.4) is 0 Å². The van der Waals surface area contributed by atoms with Gasteiger partial charge in [-0.3, -0.25) is 4.79 Å². The zero-order valence-corrected chi connectivity index (χ0v) is 14.7. The van der Waals surface area contributed by atoms with E-state index in [-0.39, 0.29) is 24.0 Å². The fourth-order valence-electron chi connectivity index (χ4n) is 2.95. The lowest BCUT2D eigenvalue weighted by atomic mass is 10.1. The Hall–Kier alpha value is -2.76. The van der Waals surface area contributed by atoms with Crippen molar-refractivity contribution in [1.29, 1.82) is 0 Å². The number of hydrogen-bond donors (Lipinski definition) is 2. The van der Waals surface area contributed by atoms with E-state index in [1.165, 1.54) is 0 Å². The maximum Gasteiger partial charge on any atom is 0.322 e. The minimum absolute atomic E-state index is 0.132. The molecule has 1 heterocycles. The molecule has 0 bridgehead atoms. The Morgan fingerprint density at radius 3 is 2.60 bits per heavy atom. The van der Waals surface area contributed by atoms with Gasteiger partial charge in [-0.05, 0) is 62.6 Å². The van der Waals surface area contributed by atoms with Crippen LogP contribution in [0.15, 0.2) is 41.0 Å². The molecule has 6 nitrogen and oxygen atoms in total. The third-order valence-electron chi connectivity index (χ3n) is 4.50. The van der Waals surface area contributed by atoms with Gasteiger partial charge in [0.2, 0.25) is 0 Å². The van der Waals surface area contributed by atoms with Crippen LogP contribution >= 0.6 is 0 Å². The quantitative estimate of drug-likeness (QED) is 0.870. The summed E-state index contributed by atoms with van der Waals surface area (Å²) in [5.41, 5.74) is 2.12. The van der Waals surface area contributed by atoms with E-state index in [0.29, 0.717) is 11.3 Å². The fraction of sp³-hybridized carbons (Fsp3) is 0.368. The van der Waals surface area contributed by atoms with E-state index >= 15 is 0 Å². The summed E-state index contributed by atoms with van der Waals surface area (Å²) in [4.78, 5) is 26.4. The van der Waals surface area contributed by atoms with Crippen LogP contribution in [0.2, 0.25) is 0 Å². The van der Waals surface area contributed by atoms with E-state index in [0.717, 1.165) is 24.2 Å². The topological polar surface area (TPSA) is 74.6 Å². The molecule has 0 saturated heterocycles. The standard InChI is InChI=1S/C19H23N3O3/c1-12-11-14(18(23)20-3)6-9-16(12)21-19(24)22(15-7-8-15)13(2)17-5-4-10-25-17/h4-6,9-11,13,15H,7-8H2,1-3H3,(H,20,23)(H,21,24)/t13-/m0/s1. The van der Waals surface area contributed by atoms with E-state index in [2.05, 4.69) is 10.6 Å². The number of urea groups is 1. The molecule has 6 heteroatoms. The Morgan fingerprint density at radius 2 is 2.04 bits per heavy atom. The van der Waals surface area contributed by atoms with Crippen LogP contribution in [0.4, 0.5) is 10.5 Å². The number of furan rings is 1. The second-order valence-corrected chi connectivity index (χ2v) is 6.37. The number of nitrogens with one attached hydrogen (secondary N) is 2. The monoisotopic (exact) mass is 341 g/mol. The van der Waals surface area contributed by atoms with Crippen molar-refractivity contribution in [2.45, 2.75) is 38.8 Å². The summed E-state index contributed by atoms with van der Waals surface area (Å²) in [6, 6.07) is 8.92. The van der Waals surface area contributed by atoms with Crippen LogP contribution in [0.5, 0.6) is 0 Å². The highest BCUT2D eigenvalue weighted by Gasteiger charge is 2.37. The summed E-state index contributed by atoms with van der Waals surface area (Å²) in [6.45, 7) is 3.84. The van der Waals surface area contributed by atoms with Gasteiger partial charge in [0.05, 0.1) is 12.3 Å². The van der Waals surface area contributed by atoms with Crippen LogP contribution in [0.1, 0.15) is 47.5 Å². The molecule has 1 aromatic heterocycles. The van der Waals surface area contributed by atoms with Crippen molar-refractivity contribution in [3.63, 3.8) is 0 Å². The van der Waals surface area contributed by atoms with Crippen molar-refractivity contribution in [2.75, 3.05) is 12.4 Å². The van der Waals surface area contributed by atoms with Crippen LogP contribution < -0.4 is 10.6 Å². The number of anilines is 1. The Balaban J connectivity index is 1.77. The minimum atomic E-state index is -0.151. The zero-order valence-electron chi connectivity index (χ0n) is 14.7. The van der Waals surface area contributed by atoms with Crippen molar-refractivity contribution >= 4 is 17.6 Å². The minimum Gasteiger partial charge on any atom is -0.467 e. The predicted molar refractivity (Wildman–Crippen MR) is 95.6 cm³/mol. The number of amides is 3. The molecule has 1 fully saturated rings. The third kappa shape index (κ3) is 3.68. The van der Waals surface area contributed by atoms with Gasteiger partial charge in [-0.15, -0.1) is 0 Å². The third-order valence-corrected chi connectivity index (χ3v) is 4.50. The van der Waals surface area contributed by atoms with Crippen molar-refractivity contribution in [1.82, 2.24) is 10.2 Å². The first kappa shape index (κ1) is 17.1.